The third-order valence-corrected chi connectivity index (χ3v) is 12.2. The molecular weight excluding hydrogens is 821 g/mol. The number of non-ortho nitro benzene ring substituents is 1. The summed E-state index contributed by atoms with van der Waals surface area (Å²) < 4.78 is 26.2. The highest BCUT2D eigenvalue weighted by Gasteiger charge is 2.65. The number of allylic oxidation sites excluding steroid dienone is 1. The van der Waals surface area contributed by atoms with E-state index in [0.717, 1.165) is 36.8 Å². The van der Waals surface area contributed by atoms with Gasteiger partial charge in [-0.1, -0.05) is 42.8 Å². The number of aliphatic hydroxyl groups is 3. The van der Waals surface area contributed by atoms with Crippen LogP contribution in [0.25, 0.3) is 0 Å². The predicted molar refractivity (Wildman–Crippen MR) is 239 cm³/mol. The Balaban J connectivity index is 1.59. The number of nitro benzene ring substituents is 1. The molecule has 6 atom stereocenters. The predicted octanol–water partition coefficient (Wildman–Crippen LogP) is 7.02. The molecule has 340 valence electrons. The standard InChI is InChI=1S/C49H58N4O11/c1-3-25-61-39-19-20-44-42(30-39)46-40(10-6-8-23-55)37(9-5-7-22-54)29-41-43(51-63-33-35-13-17-38(18-14-35)53(58)59)31-45(49(64-44,47(41)46)62-26-4-2)52(21-27-60-28-24-56)48(57)36-15-11-34(32-50)12-16-36/h3-4,11-20,29-30,37,40,45-47,54-56H,1-2,5-10,21-28,31,33H2. The van der Waals surface area contributed by atoms with Crippen molar-refractivity contribution in [2.45, 2.75) is 69.3 Å². The number of nitro groups is 1. The van der Waals surface area contributed by atoms with E-state index in [9.17, 15) is 30.7 Å². The van der Waals surface area contributed by atoms with Gasteiger partial charge in [0, 0.05) is 55.4 Å². The van der Waals surface area contributed by atoms with Crippen LogP contribution in [0.4, 0.5) is 5.69 Å². The first-order chi connectivity index (χ1) is 31.2. The Morgan fingerprint density at radius 2 is 1.70 bits per heavy atom. The van der Waals surface area contributed by atoms with E-state index in [1.54, 1.807) is 53.5 Å². The lowest BCUT2D eigenvalue weighted by atomic mass is 9.55. The number of ether oxygens (including phenoxy) is 4. The summed E-state index contributed by atoms with van der Waals surface area (Å²) in [5.41, 5.74) is 3.59. The molecule has 0 radical (unpaired) electrons. The minimum atomic E-state index is -1.55. The molecular formula is C49H58N4O11. The second-order valence-corrected chi connectivity index (χ2v) is 16.1. The summed E-state index contributed by atoms with van der Waals surface area (Å²) in [5.74, 6) is -1.70. The molecule has 15 heteroatoms. The topological polar surface area (TPSA) is 206 Å². The second-order valence-electron chi connectivity index (χ2n) is 16.1. The molecule has 1 saturated carbocycles. The maximum atomic E-state index is 15.1. The molecule has 0 saturated heterocycles. The Morgan fingerprint density at radius 3 is 2.38 bits per heavy atom. The summed E-state index contributed by atoms with van der Waals surface area (Å²) in [6.07, 6.45) is 9.87. The van der Waals surface area contributed by atoms with Crippen LogP contribution in [0.5, 0.6) is 11.5 Å². The average molecular weight is 879 g/mol. The fourth-order valence-electron chi connectivity index (χ4n) is 9.37. The minimum Gasteiger partial charge on any atom is -0.490 e. The Bertz CT molecular complexity index is 2170. The summed E-state index contributed by atoms with van der Waals surface area (Å²) in [4.78, 5) is 33.8. The van der Waals surface area contributed by atoms with Gasteiger partial charge in [0.15, 0.2) is 0 Å². The van der Waals surface area contributed by atoms with E-state index in [4.69, 9.17) is 28.9 Å². The zero-order valence-corrected chi connectivity index (χ0v) is 36.1. The van der Waals surface area contributed by atoms with Crippen molar-refractivity contribution in [3.8, 4) is 17.6 Å². The van der Waals surface area contributed by atoms with Crippen molar-refractivity contribution in [2.75, 3.05) is 52.8 Å². The van der Waals surface area contributed by atoms with Gasteiger partial charge in [0.05, 0.1) is 54.6 Å². The highest BCUT2D eigenvalue weighted by molar-refractivity contribution is 6.03. The highest BCUT2D eigenvalue weighted by Crippen LogP contribution is 2.62. The van der Waals surface area contributed by atoms with Gasteiger partial charge in [-0.2, -0.15) is 5.26 Å². The fourth-order valence-corrected chi connectivity index (χ4v) is 9.37. The van der Waals surface area contributed by atoms with E-state index in [2.05, 4.69) is 25.3 Å². The first-order valence-corrected chi connectivity index (χ1v) is 21.9. The van der Waals surface area contributed by atoms with E-state index in [1.807, 2.05) is 18.2 Å². The molecule has 1 heterocycles. The van der Waals surface area contributed by atoms with Gasteiger partial charge in [0.2, 0.25) is 5.79 Å². The minimum absolute atomic E-state index is 0.00157. The number of carbonyl (C=O) groups is 1. The third-order valence-electron chi connectivity index (χ3n) is 12.2. The number of hydrogen-bond donors (Lipinski definition) is 3. The molecule has 6 rings (SSSR count). The Morgan fingerprint density at radius 1 is 0.969 bits per heavy atom. The normalized spacial score (nSPS) is 22.5. The van der Waals surface area contributed by atoms with Gasteiger partial charge in [0.1, 0.15) is 30.8 Å². The lowest BCUT2D eigenvalue weighted by molar-refractivity contribution is -0.384. The number of aliphatic hydroxyl groups excluding tert-OH is 3. The summed E-state index contributed by atoms with van der Waals surface area (Å²) >= 11 is 0. The van der Waals surface area contributed by atoms with E-state index < -0.39 is 22.7 Å². The van der Waals surface area contributed by atoms with Crippen molar-refractivity contribution in [3.63, 3.8) is 0 Å². The van der Waals surface area contributed by atoms with E-state index in [1.165, 1.54) is 12.1 Å². The first kappa shape index (κ1) is 47.6. The second kappa shape index (κ2) is 23.2. The molecule has 1 fully saturated rings. The molecule has 2 aliphatic carbocycles. The van der Waals surface area contributed by atoms with E-state index in [-0.39, 0.29) is 95.2 Å². The van der Waals surface area contributed by atoms with Crippen LogP contribution >= 0.6 is 0 Å². The molecule has 3 N–H and O–H groups in total. The SMILES string of the molecule is C=CCOc1ccc2c(c1)C1C(CCCCO)C(CCCCO)C=C3C(=NOCc4ccc([N+](=O)[O-])cc4)CC(N(CCOCCO)C(=O)c4ccc(C#N)cc4)C(OCC=C)(O2)C31. The number of amides is 1. The Kier molecular flexibility index (Phi) is 17.2. The number of oxime groups is 1. The smallest absolute Gasteiger partial charge is 0.269 e. The van der Waals surface area contributed by atoms with E-state index >= 15 is 4.79 Å². The number of benzene rings is 3. The maximum absolute atomic E-state index is 15.1. The van der Waals surface area contributed by atoms with Crippen LogP contribution in [0.3, 0.4) is 0 Å². The third kappa shape index (κ3) is 10.9. The molecule has 3 aliphatic rings. The van der Waals surface area contributed by atoms with Crippen molar-refractivity contribution in [1.29, 1.82) is 5.26 Å². The van der Waals surface area contributed by atoms with Gasteiger partial charge in [0.25, 0.3) is 11.6 Å². The number of nitriles is 1. The largest absolute Gasteiger partial charge is 0.490 e. The number of carbonyl (C=O) groups excluding carboxylic acids is 1. The van der Waals surface area contributed by atoms with Crippen molar-refractivity contribution in [2.24, 2.45) is 22.9 Å². The van der Waals surface area contributed by atoms with E-state index in [0.29, 0.717) is 46.7 Å². The number of hydrogen-bond acceptors (Lipinski definition) is 13. The van der Waals surface area contributed by atoms with Gasteiger partial charge >= 0.3 is 0 Å². The van der Waals surface area contributed by atoms with Gasteiger partial charge in [-0.15, -0.1) is 6.58 Å². The summed E-state index contributed by atoms with van der Waals surface area (Å²) in [6, 6.07) is 19.4. The average Bonchev–Trinajstić information content (AvgIpc) is 3.31. The molecule has 15 nitrogen and oxygen atoms in total. The molecule has 3 aromatic carbocycles. The van der Waals surface area contributed by atoms with Gasteiger partial charge < -0.3 is 44.0 Å². The monoisotopic (exact) mass is 878 g/mol. The van der Waals surface area contributed by atoms with Crippen molar-refractivity contribution in [3.05, 3.63) is 136 Å². The molecule has 0 spiro atoms. The summed E-state index contributed by atoms with van der Waals surface area (Å²) in [5, 5.41) is 55.2. The number of nitrogens with zero attached hydrogens (tertiary/aromatic N) is 4. The molecule has 0 bridgehead atoms. The zero-order valence-electron chi connectivity index (χ0n) is 36.1. The van der Waals surface area contributed by atoms with Crippen LogP contribution in [0.15, 0.2) is 109 Å². The van der Waals surface area contributed by atoms with Crippen molar-refractivity contribution in [1.82, 2.24) is 4.90 Å². The molecule has 3 aromatic rings. The highest BCUT2D eigenvalue weighted by atomic mass is 16.7. The maximum Gasteiger partial charge on any atom is 0.269 e. The van der Waals surface area contributed by atoms with Crippen LogP contribution in [-0.2, 0) is 20.9 Å². The lowest BCUT2D eigenvalue weighted by Crippen LogP contribution is -2.70. The number of fused-ring (bicyclic) bond motifs is 2. The molecule has 1 amide bonds. The van der Waals surface area contributed by atoms with Crippen molar-refractivity contribution < 1.29 is 48.8 Å². The summed E-state index contributed by atoms with van der Waals surface area (Å²) in [7, 11) is 0. The first-order valence-electron chi connectivity index (χ1n) is 21.9. The van der Waals surface area contributed by atoms with Crippen molar-refractivity contribution >= 4 is 17.3 Å². The van der Waals surface area contributed by atoms with Gasteiger partial charge in [-0.3, -0.25) is 14.9 Å². The fraction of sp³-hybridized carbons (Fsp3) is 0.449. The zero-order chi connectivity index (χ0) is 45.5. The Labute approximate surface area is 374 Å². The van der Waals surface area contributed by atoms with Crippen LogP contribution in [0, 0.1) is 39.2 Å². The van der Waals surface area contributed by atoms with Gasteiger partial charge in [-0.25, -0.2) is 0 Å². The quantitative estimate of drug-likeness (QED) is 0.0340. The van der Waals surface area contributed by atoms with Gasteiger partial charge in [-0.05, 0) is 103 Å². The van der Waals surface area contributed by atoms with Crippen LogP contribution in [-0.4, -0.2) is 101 Å². The van der Waals surface area contributed by atoms with Crippen LogP contribution < -0.4 is 9.47 Å². The number of unbranched alkanes of at least 4 members (excludes halogenated alkanes) is 2. The van der Waals surface area contributed by atoms with Crippen LogP contribution in [0.1, 0.15) is 77.9 Å². The number of rotatable bonds is 25. The molecule has 6 unspecified atom stereocenters. The lowest BCUT2D eigenvalue weighted by Gasteiger charge is -2.60. The summed E-state index contributed by atoms with van der Waals surface area (Å²) in [6.45, 7) is 8.22. The molecule has 1 aliphatic heterocycles. The molecule has 64 heavy (non-hydrogen) atoms. The molecule has 0 aromatic heterocycles. The van der Waals surface area contributed by atoms with Crippen LogP contribution in [0.2, 0.25) is 0 Å². The Hall–Kier alpha value is -5.89.